The van der Waals surface area contributed by atoms with Crippen molar-refractivity contribution in [2.45, 2.75) is 101 Å². The van der Waals surface area contributed by atoms with Crippen molar-refractivity contribution in [2.75, 3.05) is 54.5 Å². The number of amides is 1. The van der Waals surface area contributed by atoms with E-state index in [4.69, 9.17) is 31.0 Å². The summed E-state index contributed by atoms with van der Waals surface area (Å²) in [5.41, 5.74) is 4.25. The third-order valence-electron chi connectivity index (χ3n) is 12.2. The van der Waals surface area contributed by atoms with Crippen molar-refractivity contribution in [1.82, 2.24) is 29.1 Å². The fourth-order valence-electron chi connectivity index (χ4n) is 8.38. The van der Waals surface area contributed by atoms with E-state index in [9.17, 15) is 21.6 Å². The van der Waals surface area contributed by atoms with Crippen molar-refractivity contribution in [2.24, 2.45) is 11.8 Å². The molecule has 0 unspecified atom stereocenters. The van der Waals surface area contributed by atoms with Crippen molar-refractivity contribution in [3.63, 3.8) is 0 Å². The monoisotopic (exact) mass is 1120 g/mol. The smallest absolute Gasteiger partial charge is 0.265 e. The number of nitrogens with one attached hydrogen (secondary N) is 1. The predicted octanol–water partition coefficient (Wildman–Crippen LogP) is 9.71. The molecule has 2 saturated heterocycles. The van der Waals surface area contributed by atoms with Gasteiger partial charge in [-0.05, 0) is 118 Å². The maximum Gasteiger partial charge on any atom is 0.265 e. The van der Waals surface area contributed by atoms with E-state index in [0.29, 0.717) is 38.6 Å². The first-order valence-electron chi connectivity index (χ1n) is 22.3. The molecule has 2 aromatic carbocycles. The van der Waals surface area contributed by atoms with Crippen molar-refractivity contribution < 1.29 is 31.1 Å². The van der Waals surface area contributed by atoms with Crippen molar-refractivity contribution in [3.8, 4) is 0 Å². The van der Waals surface area contributed by atoms with Gasteiger partial charge in [-0.2, -0.15) is 0 Å². The Balaban J connectivity index is 0.000000202. The van der Waals surface area contributed by atoms with Gasteiger partial charge in [0, 0.05) is 76.8 Å². The molecule has 0 atom stereocenters. The average Bonchev–Trinajstić information content (AvgIpc) is 3.86. The molecule has 2 aliphatic rings. The Labute approximate surface area is 420 Å². The standard InChI is InChI=1S/C24H30BrN5O4S.C23H28BrClN4O3S/c1-24(2,3)23-28-20-11-17(5-6-21(20)30(23)14-16-7-9-34-10-8-16)29(4)35(32,33)18-12-19(25)22(26-13-18)27-15-31;1-23(2,3)22-27-19-11-16(5-6-20(19)29(22)14-15-7-9-32-10-8-15)28(4)33(30,31)17-12-18(24)21(25)26-13-17/h5-6,11-13,15-16H,7-10,14H2,1-4H3,(H,26,27,31);5-6,11-13,15H,7-10,14H2,1-4H3. The second kappa shape index (κ2) is 20.7. The van der Waals surface area contributed by atoms with Crippen LogP contribution in [-0.4, -0.2) is 92.8 Å². The van der Waals surface area contributed by atoms with Crippen LogP contribution in [0.15, 0.2) is 79.7 Å². The Bertz CT molecular complexity index is 3030. The number of nitrogens with zero attached hydrogens (tertiary/aromatic N) is 8. The van der Waals surface area contributed by atoms with Gasteiger partial charge >= 0.3 is 0 Å². The van der Waals surface area contributed by atoms with Crippen LogP contribution >= 0.6 is 43.5 Å². The quantitative estimate of drug-likeness (QED) is 0.0909. The Morgan fingerprint density at radius 3 is 1.49 bits per heavy atom. The third-order valence-corrected chi connectivity index (χ3v) is 17.4. The van der Waals surface area contributed by atoms with Gasteiger partial charge in [-0.25, -0.2) is 36.8 Å². The predicted molar refractivity (Wildman–Crippen MR) is 274 cm³/mol. The number of hydrogen-bond donors (Lipinski definition) is 1. The number of imidazole rings is 2. The molecule has 366 valence electrons. The fourth-order valence-corrected chi connectivity index (χ4v) is 11.9. The molecule has 68 heavy (non-hydrogen) atoms. The van der Waals surface area contributed by atoms with Crippen LogP contribution in [0, 0.1) is 11.8 Å². The van der Waals surface area contributed by atoms with E-state index in [1.165, 1.54) is 47.2 Å². The summed E-state index contributed by atoms with van der Waals surface area (Å²) in [4.78, 5) is 28.6. The summed E-state index contributed by atoms with van der Waals surface area (Å²) in [6, 6.07) is 14.1. The van der Waals surface area contributed by atoms with Gasteiger partial charge in [0.05, 0.1) is 42.4 Å². The molecule has 6 aromatic rings. The number of carbonyl (C=O) groups is 1. The van der Waals surface area contributed by atoms with E-state index in [0.717, 1.165) is 98.9 Å². The average molecular weight is 1120 g/mol. The molecule has 2 aliphatic heterocycles. The lowest BCUT2D eigenvalue weighted by Crippen LogP contribution is -2.26. The number of hydrogen-bond acceptors (Lipinski definition) is 11. The first kappa shape index (κ1) is 51.7. The molecule has 21 heteroatoms. The number of carbonyl (C=O) groups excluding carboxylic acids is 1. The summed E-state index contributed by atoms with van der Waals surface area (Å²) >= 11 is 12.4. The van der Waals surface area contributed by atoms with Crippen molar-refractivity contribution in [3.05, 3.63) is 86.7 Å². The van der Waals surface area contributed by atoms with Gasteiger partial charge in [-0.3, -0.25) is 13.4 Å². The van der Waals surface area contributed by atoms with Gasteiger partial charge in [0.1, 0.15) is 32.4 Å². The largest absolute Gasteiger partial charge is 0.381 e. The number of pyridine rings is 2. The Hall–Kier alpha value is -4.18. The molecule has 1 N–H and O–H groups in total. The molecular formula is C47H58Br2ClN9O7S2. The number of ether oxygens (including phenoxy) is 2. The zero-order valence-electron chi connectivity index (χ0n) is 39.5. The minimum absolute atomic E-state index is 0.00356. The van der Waals surface area contributed by atoms with Gasteiger partial charge in [0.15, 0.2) is 0 Å². The molecule has 0 radical (unpaired) electrons. The molecule has 6 heterocycles. The SMILES string of the molecule is CN(c1ccc2c(c1)nc(C(C)(C)C)n2CC1CCOCC1)S(=O)(=O)c1cnc(Cl)c(Br)c1.CN(c1ccc2c(c1)nc(C(C)(C)C)n2CC1CCOCC1)S(=O)(=O)c1cnc(NC=O)c(Br)c1. The summed E-state index contributed by atoms with van der Waals surface area (Å²) in [5.74, 6) is 3.28. The summed E-state index contributed by atoms with van der Waals surface area (Å²) in [7, 11) is -4.68. The second-order valence-corrected chi connectivity index (χ2v) is 25.2. The van der Waals surface area contributed by atoms with Crippen molar-refractivity contribution >= 4 is 109 Å². The maximum atomic E-state index is 13.3. The highest BCUT2D eigenvalue weighted by Crippen LogP contribution is 2.35. The molecule has 0 bridgehead atoms. The summed E-state index contributed by atoms with van der Waals surface area (Å²) in [6.45, 7) is 17.8. The van der Waals surface area contributed by atoms with Crippen LogP contribution in [0.4, 0.5) is 17.2 Å². The van der Waals surface area contributed by atoms with E-state index in [1.807, 2.05) is 30.3 Å². The van der Waals surface area contributed by atoms with Crippen molar-refractivity contribution in [1.29, 1.82) is 0 Å². The van der Waals surface area contributed by atoms with E-state index in [2.05, 4.69) is 97.8 Å². The second-order valence-electron chi connectivity index (χ2n) is 19.2. The topological polar surface area (TPSA) is 184 Å². The van der Waals surface area contributed by atoms with Crippen LogP contribution in [0.5, 0.6) is 0 Å². The number of aromatic nitrogens is 6. The highest BCUT2D eigenvalue weighted by Gasteiger charge is 2.30. The summed E-state index contributed by atoms with van der Waals surface area (Å²) < 4.78 is 72.0. The van der Waals surface area contributed by atoms with Crippen LogP contribution in [0.2, 0.25) is 5.15 Å². The van der Waals surface area contributed by atoms with Gasteiger partial charge < -0.3 is 23.9 Å². The molecule has 4 aromatic heterocycles. The Morgan fingerprint density at radius 1 is 0.691 bits per heavy atom. The Morgan fingerprint density at radius 2 is 1.10 bits per heavy atom. The first-order valence-corrected chi connectivity index (χ1v) is 27.2. The lowest BCUT2D eigenvalue weighted by molar-refractivity contribution is -0.105. The van der Waals surface area contributed by atoms with Gasteiger partial charge in [-0.15, -0.1) is 0 Å². The zero-order valence-corrected chi connectivity index (χ0v) is 45.0. The lowest BCUT2D eigenvalue weighted by atomic mass is 9.94. The van der Waals surface area contributed by atoms with Crippen LogP contribution in [0.1, 0.15) is 78.9 Å². The normalized spacial score (nSPS) is 15.6. The maximum absolute atomic E-state index is 13.3. The molecule has 16 nitrogen and oxygen atoms in total. The molecule has 0 spiro atoms. The number of halogens is 3. The molecule has 0 saturated carbocycles. The Kier molecular flexibility index (Phi) is 15.7. The number of anilines is 3. The van der Waals surface area contributed by atoms with Gasteiger partial charge in [0.25, 0.3) is 20.0 Å². The molecule has 1 amide bonds. The minimum atomic E-state index is -3.89. The van der Waals surface area contributed by atoms with E-state index in [-0.39, 0.29) is 31.6 Å². The molecule has 2 fully saturated rings. The fraction of sp³-hybridized carbons (Fsp3) is 0.468. The highest BCUT2D eigenvalue weighted by molar-refractivity contribution is 9.11. The third kappa shape index (κ3) is 11.2. The number of benzene rings is 2. The van der Waals surface area contributed by atoms with E-state index in [1.54, 1.807) is 6.07 Å². The molecule has 8 rings (SSSR count). The molecular weight excluding hydrogens is 1060 g/mol. The van der Waals surface area contributed by atoms with E-state index < -0.39 is 20.0 Å². The van der Waals surface area contributed by atoms with Gasteiger partial charge in [-0.1, -0.05) is 53.1 Å². The lowest BCUT2D eigenvalue weighted by Gasteiger charge is -2.26. The van der Waals surface area contributed by atoms with Crippen LogP contribution < -0.4 is 13.9 Å². The zero-order chi connectivity index (χ0) is 49.3. The van der Waals surface area contributed by atoms with Crippen LogP contribution in [0.25, 0.3) is 22.1 Å². The van der Waals surface area contributed by atoms with E-state index >= 15 is 0 Å². The number of sulfonamides is 2. The van der Waals surface area contributed by atoms with Crippen LogP contribution in [-0.2, 0) is 58.2 Å². The number of fused-ring (bicyclic) bond motifs is 2. The number of rotatable bonds is 12. The van der Waals surface area contributed by atoms with Crippen LogP contribution in [0.3, 0.4) is 0 Å². The van der Waals surface area contributed by atoms with Gasteiger partial charge in [0.2, 0.25) is 6.41 Å². The minimum Gasteiger partial charge on any atom is -0.381 e. The highest BCUT2D eigenvalue weighted by atomic mass is 79.9. The summed E-state index contributed by atoms with van der Waals surface area (Å²) in [6.07, 6.45) is 7.08. The summed E-state index contributed by atoms with van der Waals surface area (Å²) in [5, 5.41) is 2.63. The first-order chi connectivity index (χ1) is 32.0. The molecule has 0 aliphatic carbocycles.